The van der Waals surface area contributed by atoms with Gasteiger partial charge in [-0.15, -0.1) is 0 Å². The van der Waals surface area contributed by atoms with Crippen molar-refractivity contribution in [1.29, 1.82) is 0 Å². The summed E-state index contributed by atoms with van der Waals surface area (Å²) >= 11 is 0. The van der Waals surface area contributed by atoms with Crippen molar-refractivity contribution in [3.8, 4) is 17.2 Å². The van der Waals surface area contributed by atoms with Crippen LogP contribution in [0.15, 0.2) is 53.3 Å². The Morgan fingerprint density at radius 1 is 1.16 bits per heavy atom. The van der Waals surface area contributed by atoms with E-state index < -0.39 is 0 Å². The number of hydrogen-bond donors (Lipinski definition) is 1. The summed E-state index contributed by atoms with van der Waals surface area (Å²) in [5.41, 5.74) is 1.03. The molecule has 3 heterocycles. The van der Waals surface area contributed by atoms with E-state index in [0.717, 1.165) is 0 Å². The predicted octanol–water partition coefficient (Wildman–Crippen LogP) is 4.30. The summed E-state index contributed by atoms with van der Waals surface area (Å²) in [5.74, 6) is 1.50. The van der Waals surface area contributed by atoms with Gasteiger partial charge >= 0.3 is 0 Å². The van der Waals surface area contributed by atoms with Crippen molar-refractivity contribution in [2.24, 2.45) is 0 Å². The second-order valence-corrected chi connectivity index (χ2v) is 6.65. The number of amides is 1. The van der Waals surface area contributed by atoms with E-state index in [1.165, 1.54) is 25.4 Å². The molecule has 0 fully saturated rings. The molecule has 31 heavy (non-hydrogen) atoms. The topological polar surface area (TPSA) is 99.4 Å². The molecule has 8 nitrogen and oxygen atoms in total. The number of fused-ring (bicyclic) bond motifs is 1. The van der Waals surface area contributed by atoms with Crippen molar-refractivity contribution >= 4 is 22.6 Å². The third-order valence-corrected chi connectivity index (χ3v) is 4.52. The summed E-state index contributed by atoms with van der Waals surface area (Å²) in [4.78, 5) is 20.8. The maximum atomic E-state index is 13.7. The fourth-order valence-corrected chi connectivity index (χ4v) is 3.01. The zero-order valence-corrected chi connectivity index (χ0v) is 16.9. The normalized spacial score (nSPS) is 10.8. The van der Waals surface area contributed by atoms with Gasteiger partial charge in [-0.25, -0.2) is 4.39 Å². The summed E-state index contributed by atoms with van der Waals surface area (Å²) in [7, 11) is 1.48. The van der Waals surface area contributed by atoms with Gasteiger partial charge in [0, 0.05) is 30.1 Å². The first-order valence-corrected chi connectivity index (χ1v) is 9.56. The van der Waals surface area contributed by atoms with Crippen LogP contribution in [0.1, 0.15) is 18.4 Å². The van der Waals surface area contributed by atoms with Gasteiger partial charge in [0.15, 0.2) is 5.82 Å². The number of nitrogens with one attached hydrogen (secondary N) is 1. The molecule has 4 aromatic rings. The van der Waals surface area contributed by atoms with Crippen molar-refractivity contribution < 1.29 is 23.2 Å². The van der Waals surface area contributed by atoms with Crippen LogP contribution in [0, 0.1) is 5.82 Å². The largest absolute Gasteiger partial charge is 0.495 e. The fourth-order valence-electron chi connectivity index (χ4n) is 3.01. The molecule has 9 heteroatoms. The number of carbonyl (C=O) groups is 1. The van der Waals surface area contributed by atoms with Gasteiger partial charge in [0.05, 0.1) is 30.9 Å². The van der Waals surface area contributed by atoms with Crippen LogP contribution in [0.3, 0.4) is 0 Å². The van der Waals surface area contributed by atoms with Crippen molar-refractivity contribution in [3.63, 3.8) is 0 Å². The molecule has 1 aromatic carbocycles. The average molecular weight is 422 g/mol. The summed E-state index contributed by atoms with van der Waals surface area (Å²) in [6, 6.07) is 9.20. The molecular formula is C22H19FN4O4. The number of rotatable bonds is 7. The van der Waals surface area contributed by atoms with Crippen LogP contribution >= 0.6 is 0 Å². The lowest BCUT2D eigenvalue weighted by molar-refractivity contribution is -0.115. The SMILES string of the molecule is CCc1cc(NC(=O)Cc2ncc(Oc3ccnc4ccc(F)cc34)cc2OC)no1. The number of benzene rings is 1. The predicted molar refractivity (Wildman–Crippen MR) is 111 cm³/mol. The first-order chi connectivity index (χ1) is 15.1. The summed E-state index contributed by atoms with van der Waals surface area (Å²) in [6.45, 7) is 1.93. The lowest BCUT2D eigenvalue weighted by atomic mass is 10.2. The van der Waals surface area contributed by atoms with Crippen LogP contribution in [-0.2, 0) is 17.6 Å². The van der Waals surface area contributed by atoms with Crippen LogP contribution in [0.5, 0.6) is 17.2 Å². The first kappa shape index (κ1) is 20.3. The number of halogens is 1. The Balaban J connectivity index is 1.52. The van der Waals surface area contributed by atoms with Crippen LogP contribution in [0.25, 0.3) is 10.9 Å². The minimum absolute atomic E-state index is 0.0266. The molecule has 0 bridgehead atoms. The number of hydrogen-bond acceptors (Lipinski definition) is 7. The van der Waals surface area contributed by atoms with Gasteiger partial charge < -0.3 is 19.3 Å². The smallest absolute Gasteiger partial charge is 0.231 e. The van der Waals surface area contributed by atoms with Gasteiger partial charge in [0.25, 0.3) is 0 Å². The number of methoxy groups -OCH3 is 1. The highest BCUT2D eigenvalue weighted by Gasteiger charge is 2.15. The molecule has 0 aliphatic carbocycles. The molecule has 0 aliphatic rings. The van der Waals surface area contributed by atoms with E-state index in [1.54, 1.807) is 30.5 Å². The van der Waals surface area contributed by atoms with E-state index in [4.69, 9.17) is 14.0 Å². The van der Waals surface area contributed by atoms with E-state index in [2.05, 4.69) is 20.4 Å². The summed E-state index contributed by atoms with van der Waals surface area (Å²) in [6.07, 6.45) is 3.70. The lowest BCUT2D eigenvalue weighted by Gasteiger charge is -2.12. The second-order valence-electron chi connectivity index (χ2n) is 6.65. The minimum atomic E-state index is -0.388. The Labute approximate surface area is 177 Å². The molecule has 158 valence electrons. The maximum Gasteiger partial charge on any atom is 0.231 e. The number of nitrogens with zero attached hydrogens (tertiary/aromatic N) is 3. The second kappa shape index (κ2) is 8.78. The highest BCUT2D eigenvalue weighted by molar-refractivity contribution is 5.91. The molecule has 1 N–H and O–H groups in total. The molecule has 0 saturated heterocycles. The van der Waals surface area contributed by atoms with Gasteiger partial charge in [-0.1, -0.05) is 12.1 Å². The number of aryl methyl sites for hydroxylation is 1. The van der Waals surface area contributed by atoms with Crippen molar-refractivity contribution in [3.05, 3.63) is 66.1 Å². The van der Waals surface area contributed by atoms with Gasteiger partial charge in [-0.3, -0.25) is 14.8 Å². The Morgan fingerprint density at radius 3 is 2.81 bits per heavy atom. The highest BCUT2D eigenvalue weighted by atomic mass is 19.1. The van der Waals surface area contributed by atoms with E-state index in [0.29, 0.717) is 51.8 Å². The third-order valence-electron chi connectivity index (χ3n) is 4.52. The summed E-state index contributed by atoms with van der Waals surface area (Å²) < 4.78 is 30.0. The molecule has 3 aromatic heterocycles. The molecule has 0 atom stereocenters. The Kier molecular flexibility index (Phi) is 5.74. The molecular weight excluding hydrogens is 403 g/mol. The molecule has 0 radical (unpaired) electrons. The Bertz CT molecular complexity index is 1240. The zero-order chi connectivity index (χ0) is 21.8. The maximum absolute atomic E-state index is 13.7. The van der Waals surface area contributed by atoms with E-state index >= 15 is 0 Å². The number of anilines is 1. The molecule has 0 aliphatic heterocycles. The first-order valence-electron chi connectivity index (χ1n) is 9.56. The minimum Gasteiger partial charge on any atom is -0.495 e. The van der Waals surface area contributed by atoms with Gasteiger partial charge in [-0.2, -0.15) is 0 Å². The van der Waals surface area contributed by atoms with Gasteiger partial charge in [0.2, 0.25) is 5.91 Å². The lowest BCUT2D eigenvalue weighted by Crippen LogP contribution is -2.16. The number of aromatic nitrogens is 3. The molecule has 0 spiro atoms. The highest BCUT2D eigenvalue weighted by Crippen LogP contribution is 2.31. The summed E-state index contributed by atoms with van der Waals surface area (Å²) in [5, 5.41) is 6.99. The van der Waals surface area contributed by atoms with Crippen LogP contribution in [0.4, 0.5) is 10.2 Å². The monoisotopic (exact) mass is 422 g/mol. The van der Waals surface area contributed by atoms with E-state index in [9.17, 15) is 9.18 Å². The standard InChI is InChI=1S/C22H19FN4O4/c1-3-14-10-21(27-31-14)26-22(28)11-18-20(29-2)9-15(12-25-18)30-19-6-7-24-17-5-4-13(23)8-16(17)19/h4-10,12H,3,11H2,1-2H3,(H,26,27,28). The Hall–Kier alpha value is -4.01. The van der Waals surface area contributed by atoms with Crippen molar-refractivity contribution in [1.82, 2.24) is 15.1 Å². The van der Waals surface area contributed by atoms with Crippen LogP contribution in [0.2, 0.25) is 0 Å². The zero-order valence-electron chi connectivity index (χ0n) is 16.9. The van der Waals surface area contributed by atoms with Crippen molar-refractivity contribution in [2.75, 3.05) is 12.4 Å². The fraction of sp³-hybridized carbons (Fsp3) is 0.182. The molecule has 1 amide bonds. The van der Waals surface area contributed by atoms with E-state index in [1.807, 2.05) is 6.92 Å². The average Bonchev–Trinajstić information content (AvgIpc) is 3.22. The third kappa shape index (κ3) is 4.61. The van der Waals surface area contributed by atoms with Gasteiger partial charge in [-0.05, 0) is 24.3 Å². The number of ether oxygens (including phenoxy) is 2. The molecule has 0 saturated carbocycles. The number of carbonyl (C=O) groups excluding carboxylic acids is 1. The van der Waals surface area contributed by atoms with Crippen LogP contribution < -0.4 is 14.8 Å². The molecule has 0 unspecified atom stereocenters. The van der Waals surface area contributed by atoms with Crippen LogP contribution in [-0.4, -0.2) is 28.1 Å². The Morgan fingerprint density at radius 2 is 2.03 bits per heavy atom. The van der Waals surface area contributed by atoms with Gasteiger partial charge in [0.1, 0.15) is 28.8 Å². The molecule has 4 rings (SSSR count). The number of pyridine rings is 2. The van der Waals surface area contributed by atoms with Crippen molar-refractivity contribution in [2.45, 2.75) is 19.8 Å². The quantitative estimate of drug-likeness (QED) is 0.474. The van der Waals surface area contributed by atoms with E-state index in [-0.39, 0.29) is 18.1 Å².